The van der Waals surface area contributed by atoms with Crippen molar-refractivity contribution >= 4 is 28.6 Å². The van der Waals surface area contributed by atoms with Crippen molar-refractivity contribution < 1.29 is 4.79 Å². The molecule has 1 aromatic carbocycles. The molecule has 1 atom stereocenters. The summed E-state index contributed by atoms with van der Waals surface area (Å²) in [5.41, 5.74) is 4.12. The standard InChI is InChI=1S/C21H28N4OS/c1-4-24(5-2)20(18-11-13-27-15-18)14-22-21(26)17-6-8-19(9-7-17)25-12-10-16(3)23-25/h6-9,11,13,15,20H,4-5,10,12,14H2,1-3H3,(H,22,26)/t20-/m0/s1. The minimum absolute atomic E-state index is 0.0324. The Morgan fingerprint density at radius 2 is 2.00 bits per heavy atom. The van der Waals surface area contributed by atoms with E-state index in [-0.39, 0.29) is 11.9 Å². The quantitative estimate of drug-likeness (QED) is 0.744. The molecule has 0 fully saturated rings. The molecule has 2 aromatic rings. The lowest BCUT2D eigenvalue weighted by molar-refractivity contribution is 0.0935. The second-order valence-electron chi connectivity index (χ2n) is 6.76. The third-order valence-corrected chi connectivity index (χ3v) is 5.74. The molecular formula is C21H28N4OS. The van der Waals surface area contributed by atoms with Gasteiger partial charge < -0.3 is 5.32 Å². The second-order valence-corrected chi connectivity index (χ2v) is 7.54. The average molecular weight is 385 g/mol. The van der Waals surface area contributed by atoms with Gasteiger partial charge in [0.2, 0.25) is 0 Å². The van der Waals surface area contributed by atoms with Gasteiger partial charge in [-0.3, -0.25) is 14.7 Å². The maximum absolute atomic E-state index is 12.6. The molecule has 2 heterocycles. The van der Waals surface area contributed by atoms with E-state index in [0.29, 0.717) is 12.1 Å². The highest BCUT2D eigenvalue weighted by Gasteiger charge is 2.20. The fourth-order valence-corrected chi connectivity index (χ4v) is 4.13. The second kappa shape index (κ2) is 9.15. The largest absolute Gasteiger partial charge is 0.350 e. The first-order valence-electron chi connectivity index (χ1n) is 9.58. The molecule has 1 aliphatic rings. The summed E-state index contributed by atoms with van der Waals surface area (Å²) in [7, 11) is 0. The van der Waals surface area contributed by atoms with Crippen LogP contribution in [0, 0.1) is 0 Å². The first kappa shape index (κ1) is 19.6. The first-order chi connectivity index (χ1) is 13.1. The van der Waals surface area contributed by atoms with E-state index in [1.165, 1.54) is 5.56 Å². The van der Waals surface area contributed by atoms with Gasteiger partial charge in [-0.15, -0.1) is 0 Å². The number of benzene rings is 1. The number of thiophene rings is 1. The Morgan fingerprint density at radius 1 is 1.26 bits per heavy atom. The summed E-state index contributed by atoms with van der Waals surface area (Å²) in [6.07, 6.45) is 0.998. The fraction of sp³-hybridized carbons (Fsp3) is 0.429. The number of likely N-dealkylation sites (N-methyl/N-ethyl adjacent to an activating group) is 1. The molecule has 0 radical (unpaired) electrons. The lowest BCUT2D eigenvalue weighted by Gasteiger charge is -2.29. The molecular weight excluding hydrogens is 356 g/mol. The zero-order valence-corrected chi connectivity index (χ0v) is 17.1. The van der Waals surface area contributed by atoms with Crippen molar-refractivity contribution in [3.05, 3.63) is 52.2 Å². The third-order valence-electron chi connectivity index (χ3n) is 5.04. The molecule has 1 N–H and O–H groups in total. The number of hydrogen-bond acceptors (Lipinski definition) is 5. The summed E-state index contributed by atoms with van der Waals surface area (Å²) in [6.45, 7) is 9.78. The third kappa shape index (κ3) is 4.76. The number of carbonyl (C=O) groups is 1. The zero-order valence-electron chi connectivity index (χ0n) is 16.3. The van der Waals surface area contributed by atoms with E-state index >= 15 is 0 Å². The van der Waals surface area contributed by atoms with E-state index in [4.69, 9.17) is 0 Å². The van der Waals surface area contributed by atoms with Crippen LogP contribution in [-0.2, 0) is 0 Å². The molecule has 27 heavy (non-hydrogen) atoms. The minimum Gasteiger partial charge on any atom is -0.350 e. The molecule has 1 aliphatic heterocycles. The molecule has 0 saturated carbocycles. The number of hydrazone groups is 1. The predicted octanol–water partition coefficient (Wildman–Crippen LogP) is 4.15. The van der Waals surface area contributed by atoms with Gasteiger partial charge in [0.15, 0.2) is 0 Å². The molecule has 0 spiro atoms. The topological polar surface area (TPSA) is 47.9 Å². The lowest BCUT2D eigenvalue weighted by atomic mass is 10.1. The van der Waals surface area contributed by atoms with Crippen LogP contribution in [0.3, 0.4) is 0 Å². The number of hydrogen-bond donors (Lipinski definition) is 1. The Bertz CT molecular complexity index is 766. The van der Waals surface area contributed by atoms with E-state index in [9.17, 15) is 4.79 Å². The van der Waals surface area contributed by atoms with E-state index < -0.39 is 0 Å². The number of anilines is 1. The smallest absolute Gasteiger partial charge is 0.251 e. The summed E-state index contributed by atoms with van der Waals surface area (Å²) >= 11 is 1.70. The van der Waals surface area contributed by atoms with Crippen LogP contribution in [0.1, 0.15) is 49.2 Å². The number of carbonyl (C=O) groups excluding carboxylic acids is 1. The van der Waals surface area contributed by atoms with Crippen molar-refractivity contribution in [1.82, 2.24) is 10.2 Å². The monoisotopic (exact) mass is 384 g/mol. The number of nitrogens with one attached hydrogen (secondary N) is 1. The Labute approximate surface area is 165 Å². The molecule has 0 aliphatic carbocycles. The summed E-state index contributed by atoms with van der Waals surface area (Å²) in [5.74, 6) is -0.0324. The summed E-state index contributed by atoms with van der Waals surface area (Å²) in [4.78, 5) is 15.0. The Hall–Kier alpha value is -2.18. The molecule has 1 amide bonds. The maximum Gasteiger partial charge on any atom is 0.251 e. The van der Waals surface area contributed by atoms with Crippen LogP contribution in [0.25, 0.3) is 0 Å². The van der Waals surface area contributed by atoms with Gasteiger partial charge >= 0.3 is 0 Å². The van der Waals surface area contributed by atoms with Crippen LogP contribution < -0.4 is 10.3 Å². The molecule has 6 heteroatoms. The van der Waals surface area contributed by atoms with Gasteiger partial charge in [-0.2, -0.15) is 16.4 Å². The highest BCUT2D eigenvalue weighted by atomic mass is 32.1. The van der Waals surface area contributed by atoms with Gasteiger partial charge in [0.25, 0.3) is 5.91 Å². The summed E-state index contributed by atoms with van der Waals surface area (Å²) < 4.78 is 0. The molecule has 0 saturated heterocycles. The van der Waals surface area contributed by atoms with Crippen LogP contribution in [0.2, 0.25) is 0 Å². The molecule has 0 bridgehead atoms. The van der Waals surface area contributed by atoms with Gasteiger partial charge in [-0.25, -0.2) is 0 Å². The van der Waals surface area contributed by atoms with Gasteiger partial charge in [-0.1, -0.05) is 13.8 Å². The van der Waals surface area contributed by atoms with Crippen molar-refractivity contribution in [3.63, 3.8) is 0 Å². The van der Waals surface area contributed by atoms with E-state index in [2.05, 4.69) is 46.0 Å². The van der Waals surface area contributed by atoms with Gasteiger partial charge in [0, 0.05) is 30.8 Å². The SMILES string of the molecule is CCN(CC)[C@@H](CNC(=O)c1ccc(N2CCC(C)=N2)cc1)c1ccsc1. The number of rotatable bonds is 8. The molecule has 5 nitrogen and oxygen atoms in total. The maximum atomic E-state index is 12.6. The van der Waals surface area contributed by atoms with Crippen molar-refractivity contribution in [1.29, 1.82) is 0 Å². The van der Waals surface area contributed by atoms with E-state index in [1.54, 1.807) is 11.3 Å². The zero-order chi connectivity index (χ0) is 19.2. The van der Waals surface area contributed by atoms with Crippen LogP contribution >= 0.6 is 11.3 Å². The van der Waals surface area contributed by atoms with Crippen molar-refractivity contribution in [2.24, 2.45) is 5.10 Å². The fourth-order valence-electron chi connectivity index (χ4n) is 3.42. The predicted molar refractivity (Wildman–Crippen MR) is 114 cm³/mol. The molecule has 3 rings (SSSR count). The molecule has 144 valence electrons. The molecule has 0 unspecified atom stereocenters. The number of nitrogens with zero attached hydrogens (tertiary/aromatic N) is 3. The summed E-state index contributed by atoms with van der Waals surface area (Å²) in [5, 5.41) is 13.9. The van der Waals surface area contributed by atoms with E-state index in [0.717, 1.165) is 37.5 Å². The van der Waals surface area contributed by atoms with E-state index in [1.807, 2.05) is 36.2 Å². The first-order valence-corrected chi connectivity index (χ1v) is 10.5. The van der Waals surface area contributed by atoms with Crippen molar-refractivity contribution in [3.8, 4) is 0 Å². The van der Waals surface area contributed by atoms with Gasteiger partial charge in [0.05, 0.1) is 11.7 Å². The highest BCUT2D eigenvalue weighted by Crippen LogP contribution is 2.23. The van der Waals surface area contributed by atoms with Gasteiger partial charge in [0.1, 0.15) is 0 Å². The summed E-state index contributed by atoms with van der Waals surface area (Å²) in [6, 6.07) is 10.1. The van der Waals surface area contributed by atoms with Crippen LogP contribution in [0.4, 0.5) is 5.69 Å². The van der Waals surface area contributed by atoms with Crippen LogP contribution in [0.15, 0.2) is 46.2 Å². The van der Waals surface area contributed by atoms with Crippen molar-refractivity contribution in [2.75, 3.05) is 31.2 Å². The van der Waals surface area contributed by atoms with Gasteiger partial charge in [-0.05, 0) is 66.7 Å². The van der Waals surface area contributed by atoms with Crippen LogP contribution in [-0.4, -0.2) is 42.7 Å². The Morgan fingerprint density at radius 3 is 2.56 bits per heavy atom. The average Bonchev–Trinajstić information content (AvgIpc) is 3.37. The van der Waals surface area contributed by atoms with Crippen molar-refractivity contribution in [2.45, 2.75) is 33.2 Å². The Kier molecular flexibility index (Phi) is 6.63. The minimum atomic E-state index is -0.0324. The Balaban J connectivity index is 1.63. The number of amides is 1. The normalized spacial score (nSPS) is 15.1. The lowest BCUT2D eigenvalue weighted by Crippen LogP contribution is -2.37. The molecule has 1 aromatic heterocycles. The van der Waals surface area contributed by atoms with Crippen LogP contribution in [0.5, 0.6) is 0 Å². The highest BCUT2D eigenvalue weighted by molar-refractivity contribution is 7.07.